The summed E-state index contributed by atoms with van der Waals surface area (Å²) in [7, 11) is 0. The number of aliphatic carboxylic acids is 1. The fraction of sp³-hybridized carbons (Fsp3) is 0.353. The van der Waals surface area contributed by atoms with Crippen molar-refractivity contribution in [3.05, 3.63) is 47.5 Å². The fourth-order valence-electron chi connectivity index (χ4n) is 3.06. The van der Waals surface area contributed by atoms with Crippen molar-refractivity contribution in [1.82, 2.24) is 15.1 Å². The van der Waals surface area contributed by atoms with Crippen LogP contribution in [0.2, 0.25) is 0 Å². The maximum absolute atomic E-state index is 13.0. The number of amides is 1. The Hall–Kier alpha value is -2.70. The molecule has 0 atom stereocenters. The van der Waals surface area contributed by atoms with E-state index in [0.29, 0.717) is 24.1 Å². The summed E-state index contributed by atoms with van der Waals surface area (Å²) in [6, 6.07) is 5.73. The molecule has 0 aliphatic heterocycles. The number of nitrogens with one attached hydrogen (secondary N) is 1. The molecule has 1 amide bonds. The first-order valence-electron chi connectivity index (χ1n) is 7.79. The second-order valence-electron chi connectivity index (χ2n) is 6.13. The number of hydrogen-bond acceptors (Lipinski definition) is 3. The summed E-state index contributed by atoms with van der Waals surface area (Å²) in [6.07, 6.45) is 4.05. The number of rotatable bonds is 4. The second-order valence-corrected chi connectivity index (χ2v) is 6.13. The van der Waals surface area contributed by atoms with Gasteiger partial charge >= 0.3 is 5.97 Å². The zero-order chi connectivity index (χ0) is 17.3. The minimum atomic E-state index is -1.21. The van der Waals surface area contributed by atoms with Crippen LogP contribution < -0.4 is 5.32 Å². The quantitative estimate of drug-likeness (QED) is 0.901. The summed E-state index contributed by atoms with van der Waals surface area (Å²) in [6.45, 7) is 1.73. The summed E-state index contributed by atoms with van der Waals surface area (Å²) >= 11 is 0. The average molecular weight is 331 g/mol. The Morgan fingerprint density at radius 3 is 2.46 bits per heavy atom. The molecule has 2 N–H and O–H groups in total. The number of carboxylic acids is 1. The van der Waals surface area contributed by atoms with E-state index in [-0.39, 0.29) is 11.5 Å². The molecule has 1 aliphatic rings. The molecule has 24 heavy (non-hydrogen) atoms. The summed E-state index contributed by atoms with van der Waals surface area (Å²) in [5, 5.41) is 16.3. The van der Waals surface area contributed by atoms with Crippen molar-refractivity contribution in [3.8, 4) is 5.69 Å². The largest absolute Gasteiger partial charge is 0.480 e. The first kappa shape index (κ1) is 16.2. The van der Waals surface area contributed by atoms with E-state index < -0.39 is 17.4 Å². The van der Waals surface area contributed by atoms with Gasteiger partial charge in [0, 0.05) is 11.8 Å². The predicted molar refractivity (Wildman–Crippen MR) is 84.6 cm³/mol. The molecule has 7 heteroatoms. The zero-order valence-electron chi connectivity index (χ0n) is 13.3. The Morgan fingerprint density at radius 1 is 1.25 bits per heavy atom. The summed E-state index contributed by atoms with van der Waals surface area (Å²) < 4.78 is 14.5. The van der Waals surface area contributed by atoms with Gasteiger partial charge in [0.15, 0.2) is 5.69 Å². The number of benzene rings is 1. The Labute approximate surface area is 138 Å². The lowest BCUT2D eigenvalue weighted by Crippen LogP contribution is -2.52. The predicted octanol–water partition coefficient (Wildman–Crippen LogP) is 2.45. The highest BCUT2D eigenvalue weighted by Gasteiger charge is 2.43. The van der Waals surface area contributed by atoms with Gasteiger partial charge in [-0.15, -0.1) is 0 Å². The Morgan fingerprint density at radius 2 is 1.88 bits per heavy atom. The Balaban J connectivity index is 1.85. The molecule has 126 valence electrons. The molecule has 0 radical (unpaired) electrons. The highest BCUT2D eigenvalue weighted by Crippen LogP contribution is 2.30. The van der Waals surface area contributed by atoms with E-state index in [2.05, 4.69) is 10.4 Å². The van der Waals surface area contributed by atoms with Crippen molar-refractivity contribution in [2.75, 3.05) is 0 Å². The van der Waals surface area contributed by atoms with Crippen LogP contribution >= 0.6 is 0 Å². The number of hydrogen-bond donors (Lipinski definition) is 2. The lowest BCUT2D eigenvalue weighted by atomic mass is 9.97. The maximum atomic E-state index is 13.0. The number of nitrogens with zero attached hydrogens (tertiary/aromatic N) is 2. The zero-order valence-corrected chi connectivity index (χ0v) is 13.3. The highest BCUT2D eigenvalue weighted by atomic mass is 19.1. The number of carbonyl (C=O) groups excluding carboxylic acids is 1. The van der Waals surface area contributed by atoms with Crippen molar-refractivity contribution in [1.29, 1.82) is 0 Å². The van der Waals surface area contributed by atoms with E-state index in [1.54, 1.807) is 25.3 Å². The van der Waals surface area contributed by atoms with Gasteiger partial charge in [0.05, 0.1) is 5.69 Å². The van der Waals surface area contributed by atoms with Crippen LogP contribution in [0.25, 0.3) is 5.69 Å². The van der Waals surface area contributed by atoms with Gasteiger partial charge < -0.3 is 10.4 Å². The molecule has 1 fully saturated rings. The van der Waals surface area contributed by atoms with Crippen LogP contribution in [0, 0.1) is 12.7 Å². The molecule has 1 saturated carbocycles. The molecular weight excluding hydrogens is 313 g/mol. The third-order valence-corrected chi connectivity index (χ3v) is 4.42. The van der Waals surface area contributed by atoms with E-state index in [1.165, 1.54) is 16.8 Å². The molecule has 0 unspecified atom stereocenters. The molecular formula is C17H18FN3O3. The van der Waals surface area contributed by atoms with Crippen LogP contribution in [0.3, 0.4) is 0 Å². The van der Waals surface area contributed by atoms with Gasteiger partial charge in [0.1, 0.15) is 11.4 Å². The van der Waals surface area contributed by atoms with Crippen LogP contribution in [0.1, 0.15) is 41.7 Å². The molecule has 1 aromatic heterocycles. The van der Waals surface area contributed by atoms with Crippen molar-refractivity contribution in [2.45, 2.75) is 38.1 Å². The van der Waals surface area contributed by atoms with Crippen LogP contribution in [0.4, 0.5) is 4.39 Å². The highest BCUT2D eigenvalue weighted by molar-refractivity contribution is 5.97. The van der Waals surface area contributed by atoms with Crippen molar-refractivity contribution < 1.29 is 19.1 Å². The van der Waals surface area contributed by atoms with E-state index >= 15 is 0 Å². The molecule has 6 nitrogen and oxygen atoms in total. The van der Waals surface area contributed by atoms with Gasteiger partial charge in [-0.3, -0.25) is 4.79 Å². The maximum Gasteiger partial charge on any atom is 0.329 e. The number of carboxylic acid groups (broad SMARTS) is 1. The number of halogens is 1. The molecule has 1 aliphatic carbocycles. The van der Waals surface area contributed by atoms with Gasteiger partial charge in [-0.25, -0.2) is 13.9 Å². The third-order valence-electron chi connectivity index (χ3n) is 4.42. The van der Waals surface area contributed by atoms with Gasteiger partial charge in [-0.2, -0.15) is 5.10 Å². The van der Waals surface area contributed by atoms with Gasteiger partial charge in [0.2, 0.25) is 0 Å². The fourth-order valence-corrected chi connectivity index (χ4v) is 3.06. The van der Waals surface area contributed by atoms with Crippen LogP contribution in [0.15, 0.2) is 30.5 Å². The second kappa shape index (κ2) is 6.07. The molecule has 2 aromatic rings. The topological polar surface area (TPSA) is 84.2 Å². The SMILES string of the molecule is Cc1cn(-c2ccc(F)cc2)nc1C(=O)NC1(C(=O)O)CCCC1. The molecule has 0 spiro atoms. The minimum Gasteiger partial charge on any atom is -0.480 e. The third kappa shape index (κ3) is 2.89. The van der Waals surface area contributed by atoms with Crippen molar-refractivity contribution in [2.24, 2.45) is 0 Å². The number of aromatic nitrogens is 2. The lowest BCUT2D eigenvalue weighted by molar-refractivity contribution is -0.144. The summed E-state index contributed by atoms with van der Waals surface area (Å²) in [5.74, 6) is -1.87. The van der Waals surface area contributed by atoms with Crippen LogP contribution in [0.5, 0.6) is 0 Å². The van der Waals surface area contributed by atoms with Gasteiger partial charge in [-0.05, 0) is 44.0 Å². The number of carbonyl (C=O) groups is 2. The van der Waals surface area contributed by atoms with E-state index in [9.17, 15) is 19.1 Å². The molecule has 1 aromatic carbocycles. The van der Waals surface area contributed by atoms with Crippen LogP contribution in [-0.2, 0) is 4.79 Å². The Kier molecular flexibility index (Phi) is 4.09. The molecule has 3 rings (SSSR count). The first-order valence-corrected chi connectivity index (χ1v) is 7.79. The van der Waals surface area contributed by atoms with Crippen molar-refractivity contribution >= 4 is 11.9 Å². The minimum absolute atomic E-state index is 0.173. The average Bonchev–Trinajstić information content (AvgIpc) is 3.16. The smallest absolute Gasteiger partial charge is 0.329 e. The van der Waals surface area contributed by atoms with Crippen molar-refractivity contribution in [3.63, 3.8) is 0 Å². The van der Waals surface area contributed by atoms with Crippen LogP contribution in [-0.4, -0.2) is 32.3 Å². The summed E-state index contributed by atoms with van der Waals surface area (Å²) in [5.41, 5.74) is 0.206. The monoisotopic (exact) mass is 331 g/mol. The molecule has 1 heterocycles. The lowest BCUT2D eigenvalue weighted by Gasteiger charge is -2.24. The van der Waals surface area contributed by atoms with E-state index in [0.717, 1.165) is 12.8 Å². The molecule has 0 saturated heterocycles. The van der Waals surface area contributed by atoms with Gasteiger partial charge in [0.25, 0.3) is 5.91 Å². The van der Waals surface area contributed by atoms with E-state index in [1.807, 2.05) is 0 Å². The molecule has 0 bridgehead atoms. The first-order chi connectivity index (χ1) is 11.4. The summed E-state index contributed by atoms with van der Waals surface area (Å²) in [4.78, 5) is 24.1. The normalized spacial score (nSPS) is 16.1. The Bertz CT molecular complexity index is 777. The standard InChI is InChI=1S/C17H18FN3O3/c1-11-10-21(13-6-4-12(18)5-7-13)20-14(11)15(22)19-17(16(23)24)8-2-3-9-17/h4-7,10H,2-3,8-9H2,1H3,(H,19,22)(H,23,24). The van der Waals surface area contributed by atoms with E-state index in [4.69, 9.17) is 0 Å². The number of aryl methyl sites for hydroxylation is 1. The van der Waals surface area contributed by atoms with Gasteiger partial charge in [-0.1, -0.05) is 12.8 Å².